The first-order valence-corrected chi connectivity index (χ1v) is 12.8. The number of amides is 1. The molecule has 1 aromatic heterocycles. The van der Waals surface area contributed by atoms with Gasteiger partial charge in [0.25, 0.3) is 5.91 Å². The highest BCUT2D eigenvalue weighted by molar-refractivity contribution is 6.06. The molecule has 1 fully saturated rings. The fraction of sp³-hybridized carbons (Fsp3) is 0.290. The van der Waals surface area contributed by atoms with Gasteiger partial charge in [-0.1, -0.05) is 78.4 Å². The quantitative estimate of drug-likeness (QED) is 0.349. The number of rotatable bonds is 8. The van der Waals surface area contributed by atoms with E-state index in [2.05, 4.69) is 46.4 Å². The van der Waals surface area contributed by atoms with Gasteiger partial charge >= 0.3 is 0 Å². The molecule has 0 spiro atoms. The Labute approximate surface area is 213 Å². The van der Waals surface area contributed by atoms with Crippen molar-refractivity contribution in [1.29, 1.82) is 0 Å². The van der Waals surface area contributed by atoms with Crippen molar-refractivity contribution < 1.29 is 9.53 Å². The van der Waals surface area contributed by atoms with E-state index in [0.29, 0.717) is 30.5 Å². The minimum Gasteiger partial charge on any atom is -0.473 e. The van der Waals surface area contributed by atoms with Crippen LogP contribution in [0.4, 0.5) is 0 Å². The molecule has 1 N–H and O–H groups in total. The second-order valence-corrected chi connectivity index (χ2v) is 9.71. The second kappa shape index (κ2) is 11.4. The van der Waals surface area contributed by atoms with Gasteiger partial charge in [0.1, 0.15) is 6.61 Å². The lowest BCUT2D eigenvalue weighted by Crippen LogP contribution is -2.38. The first-order valence-electron chi connectivity index (χ1n) is 12.8. The van der Waals surface area contributed by atoms with Crippen molar-refractivity contribution in [3.8, 4) is 5.88 Å². The zero-order valence-electron chi connectivity index (χ0n) is 20.8. The van der Waals surface area contributed by atoms with Crippen LogP contribution in [-0.2, 0) is 13.2 Å². The number of nitrogens with one attached hydrogen (secondary N) is 1. The standard InChI is InChI=1S/C31H33N3O2/c1-23-11-13-25(14-12-23)21-34-17-15-24(16-18-34)20-32-31(35)28-19-30(33-29-10-6-5-9-27(28)29)36-22-26-7-3-2-4-8-26/h2-14,19,24H,15-18,20-22H2,1H3,(H,32,35). The van der Waals surface area contributed by atoms with E-state index >= 15 is 0 Å². The monoisotopic (exact) mass is 479 g/mol. The van der Waals surface area contributed by atoms with Gasteiger partial charge in [-0.2, -0.15) is 0 Å². The molecule has 0 aliphatic carbocycles. The predicted molar refractivity (Wildman–Crippen MR) is 144 cm³/mol. The fourth-order valence-corrected chi connectivity index (χ4v) is 4.78. The van der Waals surface area contributed by atoms with Crippen LogP contribution in [0.15, 0.2) is 84.9 Å². The minimum atomic E-state index is -0.0692. The van der Waals surface area contributed by atoms with Crippen LogP contribution in [0.3, 0.4) is 0 Å². The van der Waals surface area contributed by atoms with Crippen LogP contribution < -0.4 is 10.1 Å². The number of para-hydroxylation sites is 1. The summed E-state index contributed by atoms with van der Waals surface area (Å²) in [7, 11) is 0. The van der Waals surface area contributed by atoms with E-state index in [4.69, 9.17) is 4.74 Å². The van der Waals surface area contributed by atoms with Crippen molar-refractivity contribution >= 4 is 16.8 Å². The largest absolute Gasteiger partial charge is 0.473 e. The number of piperidine rings is 1. The van der Waals surface area contributed by atoms with E-state index in [0.717, 1.165) is 48.9 Å². The van der Waals surface area contributed by atoms with Gasteiger partial charge in [0.2, 0.25) is 5.88 Å². The molecular weight excluding hydrogens is 446 g/mol. The fourth-order valence-electron chi connectivity index (χ4n) is 4.78. The third kappa shape index (κ3) is 6.10. The van der Waals surface area contributed by atoms with Gasteiger partial charge in [-0.15, -0.1) is 0 Å². The van der Waals surface area contributed by atoms with E-state index in [1.807, 2.05) is 54.6 Å². The summed E-state index contributed by atoms with van der Waals surface area (Å²) in [4.78, 5) is 20.4. The third-order valence-electron chi connectivity index (χ3n) is 6.95. The molecule has 5 nitrogen and oxygen atoms in total. The third-order valence-corrected chi connectivity index (χ3v) is 6.95. The summed E-state index contributed by atoms with van der Waals surface area (Å²) >= 11 is 0. The number of aryl methyl sites for hydroxylation is 1. The number of carbonyl (C=O) groups is 1. The van der Waals surface area contributed by atoms with Gasteiger partial charge in [-0.3, -0.25) is 9.69 Å². The topological polar surface area (TPSA) is 54.5 Å². The van der Waals surface area contributed by atoms with E-state index < -0.39 is 0 Å². The van der Waals surface area contributed by atoms with E-state index in [1.165, 1.54) is 11.1 Å². The Kier molecular flexibility index (Phi) is 7.58. The average Bonchev–Trinajstić information content (AvgIpc) is 2.92. The molecule has 0 saturated carbocycles. The van der Waals surface area contributed by atoms with Gasteiger partial charge < -0.3 is 10.1 Å². The minimum absolute atomic E-state index is 0.0692. The predicted octanol–water partition coefficient (Wildman–Crippen LogP) is 5.76. The summed E-state index contributed by atoms with van der Waals surface area (Å²) in [5.74, 6) is 0.887. The molecule has 1 aliphatic rings. The number of hydrogen-bond donors (Lipinski definition) is 1. The van der Waals surface area contributed by atoms with Crippen molar-refractivity contribution in [3.63, 3.8) is 0 Å². The lowest BCUT2D eigenvalue weighted by molar-refractivity contribution is 0.0936. The molecule has 184 valence electrons. The molecule has 0 atom stereocenters. The SMILES string of the molecule is Cc1ccc(CN2CCC(CNC(=O)c3cc(OCc4ccccc4)nc4ccccc34)CC2)cc1. The first kappa shape index (κ1) is 24.0. The number of pyridine rings is 1. The summed E-state index contributed by atoms with van der Waals surface area (Å²) in [5, 5.41) is 4.03. The number of carbonyl (C=O) groups excluding carboxylic acids is 1. The Balaban J connectivity index is 1.19. The van der Waals surface area contributed by atoms with E-state index in [1.54, 1.807) is 6.07 Å². The summed E-state index contributed by atoms with van der Waals surface area (Å²) in [5.41, 5.74) is 5.09. The number of ether oxygens (including phenoxy) is 1. The summed E-state index contributed by atoms with van der Waals surface area (Å²) in [6, 6.07) is 28.3. The Hall–Kier alpha value is -3.70. The van der Waals surface area contributed by atoms with Crippen LogP contribution in [0, 0.1) is 12.8 Å². The van der Waals surface area contributed by atoms with Gasteiger partial charge in [0.05, 0.1) is 11.1 Å². The maximum absolute atomic E-state index is 13.3. The zero-order chi connectivity index (χ0) is 24.7. The van der Waals surface area contributed by atoms with Crippen LogP contribution in [0.2, 0.25) is 0 Å². The van der Waals surface area contributed by atoms with Crippen molar-refractivity contribution in [2.24, 2.45) is 5.92 Å². The summed E-state index contributed by atoms with van der Waals surface area (Å²) in [6.07, 6.45) is 2.18. The summed E-state index contributed by atoms with van der Waals surface area (Å²) in [6.45, 7) is 6.33. The van der Waals surface area contributed by atoms with Crippen molar-refractivity contribution in [2.75, 3.05) is 19.6 Å². The molecule has 3 aromatic carbocycles. The number of hydrogen-bond acceptors (Lipinski definition) is 4. The molecule has 1 aliphatic heterocycles. The van der Waals surface area contributed by atoms with Crippen LogP contribution in [-0.4, -0.2) is 35.4 Å². The van der Waals surface area contributed by atoms with Gasteiger partial charge in [0, 0.05) is 24.5 Å². The molecule has 2 heterocycles. The molecule has 0 unspecified atom stereocenters. The zero-order valence-corrected chi connectivity index (χ0v) is 20.8. The molecule has 4 aromatic rings. The van der Waals surface area contributed by atoms with Crippen molar-refractivity contribution in [3.05, 3.63) is 107 Å². The van der Waals surface area contributed by atoms with Gasteiger partial charge in [0.15, 0.2) is 0 Å². The second-order valence-electron chi connectivity index (χ2n) is 9.71. The lowest BCUT2D eigenvalue weighted by atomic mass is 9.96. The molecule has 0 bridgehead atoms. The molecule has 36 heavy (non-hydrogen) atoms. The smallest absolute Gasteiger partial charge is 0.252 e. The number of likely N-dealkylation sites (tertiary alicyclic amines) is 1. The van der Waals surface area contributed by atoms with Crippen molar-refractivity contribution in [1.82, 2.24) is 15.2 Å². The molecule has 1 amide bonds. The number of nitrogens with zero attached hydrogens (tertiary/aromatic N) is 2. The molecule has 5 rings (SSSR count). The van der Waals surface area contributed by atoms with Crippen LogP contribution in [0.25, 0.3) is 10.9 Å². The van der Waals surface area contributed by atoms with E-state index in [9.17, 15) is 4.79 Å². The molecular formula is C31H33N3O2. The first-order chi connectivity index (χ1) is 17.6. The van der Waals surface area contributed by atoms with Gasteiger partial charge in [-0.25, -0.2) is 4.98 Å². The average molecular weight is 480 g/mol. The van der Waals surface area contributed by atoms with Crippen LogP contribution >= 0.6 is 0 Å². The Morgan fingerprint density at radius 1 is 0.944 bits per heavy atom. The number of aromatic nitrogens is 1. The lowest BCUT2D eigenvalue weighted by Gasteiger charge is -2.32. The maximum Gasteiger partial charge on any atom is 0.252 e. The normalized spacial score (nSPS) is 14.6. The molecule has 1 saturated heterocycles. The highest BCUT2D eigenvalue weighted by atomic mass is 16.5. The van der Waals surface area contributed by atoms with Crippen molar-refractivity contribution in [2.45, 2.75) is 32.9 Å². The van der Waals surface area contributed by atoms with E-state index in [-0.39, 0.29) is 5.91 Å². The Morgan fingerprint density at radius 3 is 2.44 bits per heavy atom. The van der Waals surface area contributed by atoms with Crippen LogP contribution in [0.5, 0.6) is 5.88 Å². The summed E-state index contributed by atoms with van der Waals surface area (Å²) < 4.78 is 5.96. The van der Waals surface area contributed by atoms with Crippen LogP contribution in [0.1, 0.15) is 39.9 Å². The van der Waals surface area contributed by atoms with Gasteiger partial charge in [-0.05, 0) is 56.0 Å². The Bertz CT molecular complexity index is 1300. The number of benzene rings is 3. The Morgan fingerprint density at radius 2 is 1.67 bits per heavy atom. The number of fused-ring (bicyclic) bond motifs is 1. The highest BCUT2D eigenvalue weighted by Crippen LogP contribution is 2.24. The molecule has 0 radical (unpaired) electrons. The molecule has 5 heteroatoms. The maximum atomic E-state index is 13.3. The highest BCUT2D eigenvalue weighted by Gasteiger charge is 2.21.